The Kier molecular flexibility index (Phi) is 3.21. The molecule has 4 aromatic rings. The molecule has 4 rings (SSSR count). The van der Waals surface area contributed by atoms with Crippen molar-refractivity contribution >= 4 is 21.8 Å². The van der Waals surface area contributed by atoms with Crippen LogP contribution in [0.2, 0.25) is 0 Å². The summed E-state index contributed by atoms with van der Waals surface area (Å²) in [6.07, 6.45) is 5.95. The minimum absolute atomic E-state index is 0.146. The quantitative estimate of drug-likeness (QED) is 0.514. The predicted octanol–water partition coefficient (Wildman–Crippen LogP) is -0.393. The topological polar surface area (TPSA) is 108 Å². The van der Waals surface area contributed by atoms with Crippen molar-refractivity contribution in [2.75, 3.05) is 6.61 Å². The van der Waals surface area contributed by atoms with Crippen LogP contribution in [-0.2, 0) is 6.54 Å². The number of aliphatic hydroxyl groups is 1. The van der Waals surface area contributed by atoms with E-state index in [0.29, 0.717) is 21.8 Å². The van der Waals surface area contributed by atoms with Crippen molar-refractivity contribution in [3.05, 3.63) is 64.0 Å². The summed E-state index contributed by atoms with van der Waals surface area (Å²) in [5.41, 5.74) is 0.369. The number of hydrogen-bond acceptors (Lipinski definition) is 6. The summed E-state index contributed by atoms with van der Waals surface area (Å²) in [7, 11) is 0. The molecule has 0 saturated heterocycles. The van der Waals surface area contributed by atoms with E-state index in [0.717, 1.165) is 0 Å². The Hall–Kier alpha value is -3.33. The van der Waals surface area contributed by atoms with Crippen molar-refractivity contribution in [2.24, 2.45) is 0 Å². The number of aliphatic hydroxyl groups excluding tert-OH is 1. The maximum absolute atomic E-state index is 12.7. The van der Waals surface area contributed by atoms with Crippen molar-refractivity contribution in [1.29, 1.82) is 0 Å². The highest BCUT2D eigenvalue weighted by atomic mass is 16.3. The lowest BCUT2D eigenvalue weighted by Gasteiger charge is -2.08. The number of pyridine rings is 3. The average molecular weight is 324 g/mol. The van der Waals surface area contributed by atoms with Crippen LogP contribution in [-0.4, -0.2) is 40.8 Å². The predicted molar refractivity (Wildman–Crippen MR) is 85.7 cm³/mol. The number of hydrogen-bond donors (Lipinski definition) is 1. The van der Waals surface area contributed by atoms with Crippen LogP contribution < -0.4 is 11.1 Å². The van der Waals surface area contributed by atoms with Crippen molar-refractivity contribution in [3.8, 4) is 0 Å². The monoisotopic (exact) mass is 324 g/mol. The van der Waals surface area contributed by atoms with E-state index in [2.05, 4.69) is 15.2 Å². The number of fused-ring (bicyclic) bond motifs is 2. The van der Waals surface area contributed by atoms with Gasteiger partial charge in [-0.25, -0.2) is 14.3 Å². The average Bonchev–Trinajstić information content (AvgIpc) is 3.11. The van der Waals surface area contributed by atoms with E-state index in [1.54, 1.807) is 24.5 Å². The highest BCUT2D eigenvalue weighted by molar-refractivity contribution is 5.91. The summed E-state index contributed by atoms with van der Waals surface area (Å²) in [6, 6.07) is 4.92. The standard InChI is InChI=1S/C15H12N6O3/c22-6-5-19-3-1-12-10(14(19)23)7-11-13(18-12)2-4-21(15(11)24)20-8-16-17-9-20/h1-4,7-9,22H,5-6H2. The van der Waals surface area contributed by atoms with Gasteiger partial charge in [0.05, 0.1) is 28.4 Å². The van der Waals surface area contributed by atoms with Crippen LogP contribution in [0, 0.1) is 0 Å². The van der Waals surface area contributed by atoms with Gasteiger partial charge in [0.25, 0.3) is 11.1 Å². The molecule has 0 spiro atoms. The van der Waals surface area contributed by atoms with Crippen molar-refractivity contribution < 1.29 is 5.11 Å². The highest BCUT2D eigenvalue weighted by Crippen LogP contribution is 2.14. The lowest BCUT2D eigenvalue weighted by atomic mass is 10.2. The van der Waals surface area contributed by atoms with Crippen molar-refractivity contribution in [3.63, 3.8) is 0 Å². The summed E-state index contributed by atoms with van der Waals surface area (Å²) in [5, 5.41) is 17.0. The van der Waals surface area contributed by atoms with Gasteiger partial charge in [-0.3, -0.25) is 9.59 Å². The van der Waals surface area contributed by atoms with E-state index in [1.165, 1.54) is 32.6 Å². The summed E-state index contributed by atoms with van der Waals surface area (Å²) in [6.45, 7) is 0.0411. The molecule has 0 aliphatic heterocycles. The van der Waals surface area contributed by atoms with Gasteiger partial charge in [-0.1, -0.05) is 0 Å². The zero-order chi connectivity index (χ0) is 16.7. The van der Waals surface area contributed by atoms with Gasteiger partial charge in [-0.15, -0.1) is 10.2 Å². The molecule has 9 nitrogen and oxygen atoms in total. The minimum Gasteiger partial charge on any atom is -0.395 e. The molecule has 4 aromatic heterocycles. The Balaban J connectivity index is 2.04. The van der Waals surface area contributed by atoms with Gasteiger partial charge in [-0.05, 0) is 18.2 Å². The number of rotatable bonds is 3. The van der Waals surface area contributed by atoms with Crippen LogP contribution in [0.5, 0.6) is 0 Å². The first-order chi connectivity index (χ1) is 11.7. The van der Waals surface area contributed by atoms with E-state index in [-0.39, 0.29) is 24.3 Å². The molecule has 9 heteroatoms. The van der Waals surface area contributed by atoms with E-state index in [9.17, 15) is 9.59 Å². The van der Waals surface area contributed by atoms with Crippen molar-refractivity contribution in [1.82, 2.24) is 29.1 Å². The lowest BCUT2D eigenvalue weighted by Crippen LogP contribution is -2.25. The van der Waals surface area contributed by atoms with E-state index < -0.39 is 0 Å². The molecule has 120 valence electrons. The molecule has 0 aromatic carbocycles. The molecule has 0 radical (unpaired) electrons. The first-order valence-electron chi connectivity index (χ1n) is 7.21. The van der Waals surface area contributed by atoms with Crippen LogP contribution in [0.1, 0.15) is 0 Å². The van der Waals surface area contributed by atoms with E-state index in [1.807, 2.05) is 0 Å². The van der Waals surface area contributed by atoms with Crippen LogP contribution in [0.3, 0.4) is 0 Å². The molecule has 0 bridgehead atoms. The first kappa shape index (κ1) is 14.3. The Labute approximate surface area is 134 Å². The van der Waals surface area contributed by atoms with Crippen LogP contribution in [0.25, 0.3) is 21.8 Å². The third kappa shape index (κ3) is 2.10. The normalized spacial score (nSPS) is 11.4. The molecule has 24 heavy (non-hydrogen) atoms. The highest BCUT2D eigenvalue weighted by Gasteiger charge is 2.10. The second-order valence-corrected chi connectivity index (χ2v) is 5.20. The molecule has 0 aliphatic carbocycles. The third-order valence-electron chi connectivity index (χ3n) is 3.79. The lowest BCUT2D eigenvalue weighted by molar-refractivity contribution is 0.274. The molecule has 0 atom stereocenters. The molecule has 0 unspecified atom stereocenters. The Morgan fingerprint density at radius 3 is 2.33 bits per heavy atom. The maximum Gasteiger partial charge on any atom is 0.279 e. The molecule has 1 N–H and O–H groups in total. The summed E-state index contributed by atoms with van der Waals surface area (Å²) >= 11 is 0. The summed E-state index contributed by atoms with van der Waals surface area (Å²) in [4.78, 5) is 29.5. The fraction of sp³-hybridized carbons (Fsp3) is 0.133. The molecule has 0 fully saturated rings. The van der Waals surface area contributed by atoms with Gasteiger partial charge in [0.15, 0.2) is 0 Å². The molecule has 4 heterocycles. The van der Waals surface area contributed by atoms with Gasteiger partial charge in [0.2, 0.25) is 0 Å². The van der Waals surface area contributed by atoms with Gasteiger partial charge >= 0.3 is 0 Å². The van der Waals surface area contributed by atoms with Gasteiger partial charge in [-0.2, -0.15) is 0 Å². The smallest absolute Gasteiger partial charge is 0.279 e. The third-order valence-corrected chi connectivity index (χ3v) is 3.79. The van der Waals surface area contributed by atoms with Crippen LogP contribution >= 0.6 is 0 Å². The number of aromatic nitrogens is 6. The van der Waals surface area contributed by atoms with Crippen LogP contribution in [0.4, 0.5) is 0 Å². The van der Waals surface area contributed by atoms with E-state index >= 15 is 0 Å². The largest absolute Gasteiger partial charge is 0.395 e. The van der Waals surface area contributed by atoms with Gasteiger partial charge in [0, 0.05) is 18.9 Å². The summed E-state index contributed by atoms with van der Waals surface area (Å²) in [5.74, 6) is 0. The van der Waals surface area contributed by atoms with Gasteiger partial charge in [0.1, 0.15) is 12.7 Å². The first-order valence-corrected chi connectivity index (χ1v) is 7.21. The maximum atomic E-state index is 12.7. The fourth-order valence-electron chi connectivity index (χ4n) is 2.63. The Morgan fingerprint density at radius 1 is 0.958 bits per heavy atom. The Morgan fingerprint density at radius 2 is 1.62 bits per heavy atom. The zero-order valence-corrected chi connectivity index (χ0v) is 12.4. The molecular weight excluding hydrogens is 312 g/mol. The molecular formula is C15H12N6O3. The number of nitrogens with zero attached hydrogens (tertiary/aromatic N) is 6. The molecule has 0 amide bonds. The second kappa shape index (κ2) is 5.39. The summed E-state index contributed by atoms with van der Waals surface area (Å²) < 4.78 is 4.14. The van der Waals surface area contributed by atoms with Gasteiger partial charge < -0.3 is 9.67 Å². The zero-order valence-electron chi connectivity index (χ0n) is 12.4. The molecule has 0 aliphatic rings. The fourth-order valence-corrected chi connectivity index (χ4v) is 2.63. The van der Waals surface area contributed by atoms with Crippen molar-refractivity contribution in [2.45, 2.75) is 6.54 Å². The Bertz CT molecular complexity index is 1160. The minimum atomic E-state index is -0.335. The second-order valence-electron chi connectivity index (χ2n) is 5.20. The van der Waals surface area contributed by atoms with Crippen LogP contribution in [0.15, 0.2) is 52.8 Å². The molecule has 0 saturated carbocycles. The van der Waals surface area contributed by atoms with E-state index in [4.69, 9.17) is 5.11 Å². The SMILES string of the molecule is O=c1c2cc3c(=O)n(-n4cnnc4)ccc3nc2ccn1CCO.